The fourth-order valence-electron chi connectivity index (χ4n) is 5.36. The summed E-state index contributed by atoms with van der Waals surface area (Å²) in [6, 6.07) is 6.72. The zero-order valence-corrected chi connectivity index (χ0v) is 19.2. The number of halogens is 3. The van der Waals surface area contributed by atoms with E-state index in [1.165, 1.54) is 30.5 Å². The van der Waals surface area contributed by atoms with Crippen molar-refractivity contribution in [1.29, 1.82) is 0 Å². The Morgan fingerprint density at radius 2 is 1.97 bits per heavy atom. The topological polar surface area (TPSA) is 112 Å². The molecule has 2 fully saturated rings. The van der Waals surface area contributed by atoms with E-state index in [0.717, 1.165) is 12.1 Å². The van der Waals surface area contributed by atoms with Crippen LogP contribution in [0.3, 0.4) is 0 Å². The van der Waals surface area contributed by atoms with Gasteiger partial charge in [-0.05, 0) is 55.5 Å². The Kier molecular flexibility index (Phi) is 5.50. The number of sulfone groups is 1. The van der Waals surface area contributed by atoms with E-state index in [4.69, 9.17) is 11.6 Å². The lowest BCUT2D eigenvalue weighted by molar-refractivity contribution is -0.0253. The number of nitrogens with zero attached hydrogens (tertiary/aromatic N) is 1. The van der Waals surface area contributed by atoms with Crippen LogP contribution in [-0.2, 0) is 15.4 Å². The fraction of sp³-hybridized carbons (Fsp3) is 0.304. The van der Waals surface area contributed by atoms with Crippen molar-refractivity contribution in [3.05, 3.63) is 76.8 Å². The lowest BCUT2D eigenvalue weighted by Gasteiger charge is -2.30. The monoisotopic (exact) mass is 507 g/mol. The third-order valence-corrected chi connectivity index (χ3v) is 9.66. The van der Waals surface area contributed by atoms with Gasteiger partial charge in [-0.3, -0.25) is 4.79 Å². The first kappa shape index (κ1) is 22.9. The lowest BCUT2D eigenvalue weighted by Crippen LogP contribution is -2.37. The molecule has 2 bridgehead atoms. The summed E-state index contributed by atoms with van der Waals surface area (Å²) in [6.45, 7) is 0. The smallest absolute Gasteiger partial charge is 0.255 e. The van der Waals surface area contributed by atoms with E-state index in [9.17, 15) is 27.1 Å². The molecule has 2 saturated carbocycles. The summed E-state index contributed by atoms with van der Waals surface area (Å²) < 4.78 is 54.1. The maximum Gasteiger partial charge on any atom is 0.255 e. The van der Waals surface area contributed by atoms with E-state index in [1.807, 2.05) is 0 Å². The van der Waals surface area contributed by atoms with Crippen molar-refractivity contribution in [1.82, 2.24) is 9.97 Å². The van der Waals surface area contributed by atoms with Crippen LogP contribution in [0.2, 0.25) is 5.02 Å². The highest BCUT2D eigenvalue weighted by atomic mass is 35.5. The third-order valence-electron chi connectivity index (χ3n) is 6.84. The Morgan fingerprint density at radius 3 is 2.68 bits per heavy atom. The number of H-pyrrole nitrogens is 1. The minimum Gasteiger partial charge on any atom is -0.382 e. The summed E-state index contributed by atoms with van der Waals surface area (Å²) in [5, 5.41) is 12.8. The standard InChI is InChI=1S/C23H20ClF2N3O4S/c24-16-5-2-12(21(30)29-14-3-6-17(25)18(26)10-14)9-19(16)34(32,33)20-13-1-4-15(20)23(31,11-13)22-27-7-8-28-22/h2-3,5-10,13,15,20,31H,1,4,11H2,(H,27,28)(H,29,30)/t13?,15?,20-,23-/m1/s1. The van der Waals surface area contributed by atoms with Gasteiger partial charge < -0.3 is 15.4 Å². The van der Waals surface area contributed by atoms with Gasteiger partial charge in [0.25, 0.3) is 5.91 Å². The molecule has 2 aliphatic rings. The van der Waals surface area contributed by atoms with Crippen LogP contribution < -0.4 is 5.32 Å². The van der Waals surface area contributed by atoms with E-state index >= 15 is 0 Å². The average Bonchev–Trinajstić information content (AvgIpc) is 3.52. The van der Waals surface area contributed by atoms with E-state index in [2.05, 4.69) is 15.3 Å². The molecule has 7 nitrogen and oxygen atoms in total. The number of nitrogens with one attached hydrogen (secondary N) is 2. The number of fused-ring (bicyclic) bond motifs is 2. The number of amides is 1. The maximum absolute atomic E-state index is 13.7. The molecular formula is C23H20ClF2N3O4S. The first-order chi connectivity index (χ1) is 16.1. The van der Waals surface area contributed by atoms with Crippen LogP contribution in [0.1, 0.15) is 35.4 Å². The highest BCUT2D eigenvalue weighted by Crippen LogP contribution is 2.58. The molecule has 0 spiro atoms. The number of carbonyl (C=O) groups excluding carboxylic acids is 1. The number of aliphatic hydroxyl groups is 1. The molecule has 2 aromatic carbocycles. The van der Waals surface area contributed by atoms with Gasteiger partial charge in [-0.2, -0.15) is 0 Å². The van der Waals surface area contributed by atoms with Crippen LogP contribution in [0.4, 0.5) is 14.5 Å². The Bertz CT molecular complexity index is 1380. The van der Waals surface area contributed by atoms with Gasteiger partial charge >= 0.3 is 0 Å². The number of hydrogen-bond donors (Lipinski definition) is 3. The first-order valence-electron chi connectivity index (χ1n) is 10.6. The quantitative estimate of drug-likeness (QED) is 0.482. The van der Waals surface area contributed by atoms with Crippen molar-refractivity contribution < 1.29 is 27.1 Å². The van der Waals surface area contributed by atoms with Gasteiger partial charge in [-0.25, -0.2) is 22.2 Å². The Balaban J connectivity index is 1.46. The third kappa shape index (κ3) is 3.60. The molecule has 2 aliphatic carbocycles. The van der Waals surface area contributed by atoms with Gasteiger partial charge in [-0.15, -0.1) is 0 Å². The second-order valence-electron chi connectivity index (χ2n) is 8.75. The Labute approximate surface area is 199 Å². The predicted octanol–water partition coefficient (Wildman–Crippen LogP) is 4.05. The van der Waals surface area contributed by atoms with Gasteiger partial charge in [0.1, 0.15) is 11.4 Å². The maximum atomic E-state index is 13.7. The SMILES string of the molecule is O=C(Nc1ccc(F)c(F)c1)c1ccc(Cl)c(S(=O)(=O)[C@@H]2C3CCC2[C@@](O)(c2ncc[nH]2)C3)c1. The van der Waals surface area contributed by atoms with Gasteiger partial charge in [0, 0.05) is 35.6 Å². The second-order valence-corrected chi connectivity index (χ2v) is 11.2. The van der Waals surface area contributed by atoms with E-state index in [1.54, 1.807) is 6.20 Å². The minimum absolute atomic E-state index is 0.0145. The van der Waals surface area contributed by atoms with Crippen LogP contribution in [-0.4, -0.2) is 34.6 Å². The summed E-state index contributed by atoms with van der Waals surface area (Å²) in [7, 11) is -4.03. The summed E-state index contributed by atoms with van der Waals surface area (Å²) in [6.07, 6.45) is 4.50. The second kappa shape index (κ2) is 8.14. The molecule has 5 rings (SSSR count). The number of carbonyl (C=O) groups is 1. The van der Waals surface area contributed by atoms with Crippen LogP contribution in [0.5, 0.6) is 0 Å². The minimum atomic E-state index is -4.03. The number of imidazole rings is 1. The molecule has 0 saturated heterocycles. The number of aromatic amines is 1. The number of hydrogen-bond acceptors (Lipinski definition) is 5. The highest BCUT2D eigenvalue weighted by molar-refractivity contribution is 7.92. The van der Waals surface area contributed by atoms with Crippen LogP contribution in [0, 0.1) is 23.5 Å². The van der Waals surface area contributed by atoms with Crippen LogP contribution in [0.15, 0.2) is 53.7 Å². The summed E-state index contributed by atoms with van der Waals surface area (Å²) in [5.41, 5.74) is -1.39. The molecular weight excluding hydrogens is 488 g/mol. The van der Waals surface area contributed by atoms with Crippen molar-refractivity contribution >= 4 is 33.0 Å². The molecule has 3 aromatic rings. The molecule has 2 unspecified atom stereocenters. The molecule has 0 radical (unpaired) electrons. The van der Waals surface area contributed by atoms with Crippen LogP contribution >= 0.6 is 11.6 Å². The zero-order valence-electron chi connectivity index (χ0n) is 17.6. The summed E-state index contributed by atoms with van der Waals surface area (Å²) in [4.78, 5) is 19.5. The molecule has 4 atom stereocenters. The van der Waals surface area contributed by atoms with E-state index in [-0.39, 0.29) is 33.5 Å². The largest absolute Gasteiger partial charge is 0.382 e. The Hall–Kier alpha value is -2.82. The van der Waals surface area contributed by atoms with Gasteiger partial charge in [0.2, 0.25) is 0 Å². The molecule has 34 heavy (non-hydrogen) atoms. The van der Waals surface area contributed by atoms with Crippen molar-refractivity contribution in [2.24, 2.45) is 11.8 Å². The number of anilines is 1. The molecule has 178 valence electrons. The predicted molar refractivity (Wildman–Crippen MR) is 120 cm³/mol. The van der Waals surface area contributed by atoms with Gasteiger partial charge in [0.15, 0.2) is 21.5 Å². The average molecular weight is 508 g/mol. The van der Waals surface area contributed by atoms with Gasteiger partial charge in [-0.1, -0.05) is 11.6 Å². The Morgan fingerprint density at radius 1 is 1.18 bits per heavy atom. The molecule has 1 aromatic heterocycles. The number of rotatable bonds is 5. The van der Waals surface area contributed by atoms with Crippen molar-refractivity contribution in [2.75, 3.05) is 5.32 Å². The molecule has 1 heterocycles. The fourth-order valence-corrected chi connectivity index (χ4v) is 8.26. The molecule has 0 aliphatic heterocycles. The lowest BCUT2D eigenvalue weighted by atomic mass is 9.83. The normalized spacial score (nSPS) is 26.1. The first-order valence-corrected chi connectivity index (χ1v) is 12.6. The number of benzene rings is 2. The van der Waals surface area contributed by atoms with E-state index < -0.39 is 44.1 Å². The van der Waals surface area contributed by atoms with Crippen molar-refractivity contribution in [2.45, 2.75) is 35.0 Å². The molecule has 3 N–H and O–H groups in total. The summed E-state index contributed by atoms with van der Waals surface area (Å²) in [5.74, 6) is -3.42. The van der Waals surface area contributed by atoms with Crippen molar-refractivity contribution in [3.63, 3.8) is 0 Å². The van der Waals surface area contributed by atoms with E-state index in [0.29, 0.717) is 18.7 Å². The zero-order chi connectivity index (χ0) is 24.3. The summed E-state index contributed by atoms with van der Waals surface area (Å²) >= 11 is 6.27. The number of aromatic nitrogens is 2. The van der Waals surface area contributed by atoms with Crippen molar-refractivity contribution in [3.8, 4) is 0 Å². The van der Waals surface area contributed by atoms with Gasteiger partial charge in [0.05, 0.1) is 15.2 Å². The van der Waals surface area contributed by atoms with Crippen LogP contribution in [0.25, 0.3) is 0 Å². The molecule has 1 amide bonds. The highest BCUT2D eigenvalue weighted by Gasteiger charge is 2.62. The molecule has 11 heteroatoms.